The average molecular weight is 352 g/mol. The quantitative estimate of drug-likeness (QED) is 0.401. The molecule has 1 aromatic carbocycles. The monoisotopic (exact) mass is 352 g/mol. The van der Waals surface area contributed by atoms with Crippen molar-refractivity contribution in [3.05, 3.63) is 21.8 Å². The van der Waals surface area contributed by atoms with Crippen LogP contribution in [0, 0.1) is 3.57 Å². The zero-order valence-electron chi connectivity index (χ0n) is 9.08. The molecule has 4 N–H and O–H groups in total. The van der Waals surface area contributed by atoms with Crippen molar-refractivity contribution in [2.75, 3.05) is 35.7 Å². The number of nitrogen functional groups attached to an aromatic ring is 1. The van der Waals surface area contributed by atoms with Crippen LogP contribution in [-0.2, 0) is 0 Å². The van der Waals surface area contributed by atoms with Gasteiger partial charge in [-0.3, -0.25) is 0 Å². The fourth-order valence-corrected chi connectivity index (χ4v) is 2.52. The number of hydrogen-bond donors (Lipinski definition) is 3. The summed E-state index contributed by atoms with van der Waals surface area (Å²) in [6.45, 7) is 1.19. The van der Waals surface area contributed by atoms with Crippen LogP contribution in [0.1, 0.15) is 6.42 Å². The Morgan fingerprint density at radius 3 is 2.88 bits per heavy atom. The highest BCUT2D eigenvalue weighted by Crippen LogP contribution is 2.20. The summed E-state index contributed by atoms with van der Waals surface area (Å²) in [5.41, 5.74) is 7.68. The Bertz CT molecular complexity index is 323. The first-order valence-electron chi connectivity index (χ1n) is 5.21. The summed E-state index contributed by atoms with van der Waals surface area (Å²) in [6, 6.07) is 6.01. The van der Waals surface area contributed by atoms with Gasteiger partial charge in [-0.2, -0.15) is 11.8 Å². The molecule has 16 heavy (non-hydrogen) atoms. The van der Waals surface area contributed by atoms with Crippen molar-refractivity contribution in [3.63, 3.8) is 0 Å². The van der Waals surface area contributed by atoms with Crippen molar-refractivity contribution in [1.29, 1.82) is 0 Å². The van der Waals surface area contributed by atoms with Crippen LogP contribution in [0.4, 0.5) is 11.4 Å². The molecule has 90 valence electrons. The Balaban J connectivity index is 2.21. The van der Waals surface area contributed by atoms with Gasteiger partial charge in [-0.15, -0.1) is 0 Å². The number of nitrogens with one attached hydrogen (secondary N) is 1. The minimum Gasteiger partial charge on any atom is -0.397 e. The third kappa shape index (κ3) is 5.27. The SMILES string of the molecule is Nc1cc(I)ccc1NCCSCCCO. The van der Waals surface area contributed by atoms with Crippen molar-refractivity contribution in [3.8, 4) is 0 Å². The molecule has 1 rings (SSSR count). The van der Waals surface area contributed by atoms with E-state index < -0.39 is 0 Å². The van der Waals surface area contributed by atoms with Crippen LogP contribution < -0.4 is 11.1 Å². The maximum atomic E-state index is 8.62. The van der Waals surface area contributed by atoms with Gasteiger partial charge in [0.05, 0.1) is 11.4 Å². The van der Waals surface area contributed by atoms with Crippen LogP contribution in [0.15, 0.2) is 18.2 Å². The zero-order chi connectivity index (χ0) is 11.8. The first-order chi connectivity index (χ1) is 7.74. The summed E-state index contributed by atoms with van der Waals surface area (Å²) in [6.07, 6.45) is 0.871. The number of aliphatic hydroxyl groups is 1. The first kappa shape index (κ1) is 13.9. The molecule has 0 saturated carbocycles. The van der Waals surface area contributed by atoms with Crippen LogP contribution in [0.25, 0.3) is 0 Å². The summed E-state index contributed by atoms with van der Waals surface area (Å²) in [4.78, 5) is 0. The Hall–Kier alpha value is -0.140. The molecular weight excluding hydrogens is 335 g/mol. The van der Waals surface area contributed by atoms with Crippen LogP contribution in [0.3, 0.4) is 0 Å². The van der Waals surface area contributed by atoms with Gasteiger partial charge < -0.3 is 16.2 Å². The number of thioether (sulfide) groups is 1. The third-order valence-electron chi connectivity index (χ3n) is 2.02. The van der Waals surface area contributed by atoms with E-state index in [1.807, 2.05) is 30.0 Å². The lowest BCUT2D eigenvalue weighted by molar-refractivity contribution is 0.296. The number of hydrogen-bond acceptors (Lipinski definition) is 4. The van der Waals surface area contributed by atoms with Crippen molar-refractivity contribution < 1.29 is 5.11 Å². The van der Waals surface area contributed by atoms with Crippen molar-refractivity contribution in [2.24, 2.45) is 0 Å². The second kappa shape index (κ2) is 8.03. The molecule has 0 radical (unpaired) electrons. The smallest absolute Gasteiger partial charge is 0.0574 e. The van der Waals surface area contributed by atoms with Gasteiger partial charge >= 0.3 is 0 Å². The average Bonchev–Trinajstić information content (AvgIpc) is 2.26. The van der Waals surface area contributed by atoms with E-state index in [1.54, 1.807) is 0 Å². The maximum Gasteiger partial charge on any atom is 0.0574 e. The summed E-state index contributed by atoms with van der Waals surface area (Å²) >= 11 is 4.09. The highest BCUT2D eigenvalue weighted by Gasteiger charge is 1.98. The molecule has 0 aliphatic rings. The van der Waals surface area contributed by atoms with Gasteiger partial charge in [-0.1, -0.05) is 0 Å². The zero-order valence-corrected chi connectivity index (χ0v) is 12.1. The van der Waals surface area contributed by atoms with E-state index >= 15 is 0 Å². The predicted molar refractivity (Wildman–Crippen MR) is 81.1 cm³/mol. The van der Waals surface area contributed by atoms with E-state index in [4.69, 9.17) is 10.8 Å². The Morgan fingerprint density at radius 1 is 1.38 bits per heavy atom. The van der Waals surface area contributed by atoms with Gasteiger partial charge in [0.2, 0.25) is 0 Å². The molecule has 0 heterocycles. The number of halogens is 1. The standard InChI is InChI=1S/C11H17IN2OS/c12-9-2-3-11(10(13)8-9)14-4-7-16-6-1-5-15/h2-3,8,14-15H,1,4-7,13H2. The molecule has 0 fully saturated rings. The second-order valence-electron chi connectivity index (χ2n) is 3.35. The van der Waals surface area contributed by atoms with Crippen LogP contribution in [0.2, 0.25) is 0 Å². The third-order valence-corrected chi connectivity index (χ3v) is 3.76. The lowest BCUT2D eigenvalue weighted by Gasteiger charge is -2.09. The van der Waals surface area contributed by atoms with Gasteiger partial charge in [0.1, 0.15) is 0 Å². The summed E-state index contributed by atoms with van der Waals surface area (Å²) in [5.74, 6) is 2.05. The van der Waals surface area contributed by atoms with Crippen LogP contribution >= 0.6 is 34.4 Å². The predicted octanol–water partition coefficient (Wildman–Crippen LogP) is 2.40. The van der Waals surface area contributed by atoms with Crippen molar-refractivity contribution in [1.82, 2.24) is 0 Å². The Kier molecular flexibility index (Phi) is 6.98. The topological polar surface area (TPSA) is 58.3 Å². The molecule has 1 aromatic rings. The van der Waals surface area contributed by atoms with E-state index in [9.17, 15) is 0 Å². The molecular formula is C11H17IN2OS. The molecule has 0 spiro atoms. The second-order valence-corrected chi connectivity index (χ2v) is 5.82. The minimum atomic E-state index is 0.282. The summed E-state index contributed by atoms with van der Waals surface area (Å²) < 4.78 is 1.15. The van der Waals surface area contributed by atoms with E-state index in [0.29, 0.717) is 0 Å². The number of aliphatic hydroxyl groups excluding tert-OH is 1. The fourth-order valence-electron chi connectivity index (χ4n) is 1.22. The molecule has 0 unspecified atom stereocenters. The van der Waals surface area contributed by atoms with Gasteiger partial charge in [-0.05, 0) is 53.0 Å². The highest BCUT2D eigenvalue weighted by molar-refractivity contribution is 14.1. The minimum absolute atomic E-state index is 0.282. The fraction of sp³-hybridized carbons (Fsp3) is 0.455. The van der Waals surface area contributed by atoms with Gasteiger partial charge in [0.25, 0.3) is 0 Å². The van der Waals surface area contributed by atoms with Crippen LogP contribution in [0.5, 0.6) is 0 Å². The molecule has 0 aliphatic carbocycles. The number of rotatable bonds is 7. The Morgan fingerprint density at radius 2 is 2.19 bits per heavy atom. The van der Waals surface area contributed by atoms with E-state index in [2.05, 4.69) is 27.9 Å². The van der Waals surface area contributed by atoms with Crippen LogP contribution in [-0.4, -0.2) is 29.8 Å². The van der Waals surface area contributed by atoms with Crippen molar-refractivity contribution in [2.45, 2.75) is 6.42 Å². The molecule has 0 saturated heterocycles. The highest BCUT2D eigenvalue weighted by atomic mass is 127. The first-order valence-corrected chi connectivity index (χ1v) is 7.45. The van der Waals surface area contributed by atoms with Gasteiger partial charge in [0, 0.05) is 22.5 Å². The summed E-state index contributed by atoms with van der Waals surface area (Å²) in [5, 5.41) is 11.9. The van der Waals surface area contributed by atoms with Gasteiger partial charge in [-0.25, -0.2) is 0 Å². The number of benzene rings is 1. The maximum absolute atomic E-state index is 8.62. The Labute approximate surface area is 114 Å². The molecule has 3 nitrogen and oxygen atoms in total. The van der Waals surface area contributed by atoms with Crippen molar-refractivity contribution >= 4 is 45.7 Å². The summed E-state index contributed by atoms with van der Waals surface area (Å²) in [7, 11) is 0. The van der Waals surface area contributed by atoms with Gasteiger partial charge in [0.15, 0.2) is 0 Å². The molecule has 0 aliphatic heterocycles. The largest absolute Gasteiger partial charge is 0.397 e. The molecule has 0 aromatic heterocycles. The lowest BCUT2D eigenvalue weighted by Crippen LogP contribution is -2.06. The molecule has 0 amide bonds. The number of nitrogens with two attached hydrogens (primary N) is 1. The van der Waals surface area contributed by atoms with E-state index in [-0.39, 0.29) is 6.61 Å². The van der Waals surface area contributed by atoms with E-state index in [0.717, 1.165) is 39.4 Å². The molecule has 5 heteroatoms. The molecule has 0 atom stereocenters. The molecule has 0 bridgehead atoms. The van der Waals surface area contributed by atoms with E-state index in [1.165, 1.54) is 0 Å². The normalized spacial score (nSPS) is 10.4. The number of anilines is 2. The lowest BCUT2D eigenvalue weighted by atomic mass is 10.3.